The van der Waals surface area contributed by atoms with Gasteiger partial charge in [-0.3, -0.25) is 4.79 Å². The van der Waals surface area contributed by atoms with Crippen molar-refractivity contribution >= 4 is 5.91 Å². The molecule has 1 saturated heterocycles. The van der Waals surface area contributed by atoms with Crippen LogP contribution in [0.2, 0.25) is 0 Å². The maximum atomic E-state index is 11.1. The molecule has 1 fully saturated rings. The Labute approximate surface area is 101 Å². The summed E-state index contributed by atoms with van der Waals surface area (Å²) in [6.45, 7) is 10.8. The first-order chi connectivity index (χ1) is 7.75. The number of hydrogen-bond acceptors (Lipinski definition) is 2. The molecular formula is C13H29NO2. The van der Waals surface area contributed by atoms with E-state index in [2.05, 4.69) is 0 Å². The first-order valence-electron chi connectivity index (χ1n) is 6.63. The SMILES string of the molecule is CC.CC.CC(=O)N1CCCC1CCCO. The van der Waals surface area contributed by atoms with Gasteiger partial charge in [0.05, 0.1) is 0 Å². The fraction of sp³-hybridized carbons (Fsp3) is 0.923. The molecule has 1 N–H and O–H groups in total. The molecule has 1 unspecified atom stereocenters. The molecule has 1 rings (SSSR count). The minimum atomic E-state index is 0.176. The van der Waals surface area contributed by atoms with Gasteiger partial charge >= 0.3 is 0 Å². The van der Waals surface area contributed by atoms with Gasteiger partial charge in [0.2, 0.25) is 5.91 Å². The van der Waals surface area contributed by atoms with Crippen molar-refractivity contribution in [1.82, 2.24) is 4.90 Å². The second-order valence-corrected chi connectivity index (χ2v) is 3.37. The third kappa shape index (κ3) is 6.83. The summed E-state index contributed by atoms with van der Waals surface area (Å²) >= 11 is 0. The van der Waals surface area contributed by atoms with Crippen LogP contribution in [0.3, 0.4) is 0 Å². The summed E-state index contributed by atoms with van der Waals surface area (Å²) in [6, 6.07) is 0.398. The van der Waals surface area contributed by atoms with Gasteiger partial charge in [0.25, 0.3) is 0 Å². The van der Waals surface area contributed by atoms with Crippen LogP contribution in [0.4, 0.5) is 0 Å². The molecule has 1 aliphatic heterocycles. The highest BCUT2D eigenvalue weighted by atomic mass is 16.3. The van der Waals surface area contributed by atoms with Crippen LogP contribution < -0.4 is 0 Å². The number of nitrogens with zero attached hydrogens (tertiary/aromatic N) is 1. The molecule has 1 aliphatic rings. The van der Waals surface area contributed by atoms with E-state index in [9.17, 15) is 4.79 Å². The van der Waals surface area contributed by atoms with Gasteiger partial charge in [-0.05, 0) is 25.7 Å². The van der Waals surface area contributed by atoms with Crippen molar-refractivity contribution in [3.8, 4) is 0 Å². The number of likely N-dealkylation sites (tertiary alicyclic amines) is 1. The highest BCUT2D eigenvalue weighted by Gasteiger charge is 2.25. The van der Waals surface area contributed by atoms with Gasteiger partial charge in [0.1, 0.15) is 0 Å². The lowest BCUT2D eigenvalue weighted by molar-refractivity contribution is -0.129. The van der Waals surface area contributed by atoms with E-state index in [1.165, 1.54) is 0 Å². The number of carbonyl (C=O) groups is 1. The van der Waals surface area contributed by atoms with Crippen molar-refractivity contribution in [1.29, 1.82) is 0 Å². The van der Waals surface area contributed by atoms with Crippen LogP contribution >= 0.6 is 0 Å². The predicted octanol–water partition coefficient (Wildman–Crippen LogP) is 2.82. The van der Waals surface area contributed by atoms with Crippen LogP contribution in [-0.4, -0.2) is 35.1 Å². The van der Waals surface area contributed by atoms with E-state index in [4.69, 9.17) is 5.11 Å². The molecule has 0 aliphatic carbocycles. The van der Waals surface area contributed by atoms with Gasteiger partial charge in [-0.25, -0.2) is 0 Å². The minimum absolute atomic E-state index is 0.176. The summed E-state index contributed by atoms with van der Waals surface area (Å²) in [6.07, 6.45) is 4.00. The zero-order valence-corrected chi connectivity index (χ0v) is 11.6. The molecule has 0 aromatic carbocycles. The highest BCUT2D eigenvalue weighted by Crippen LogP contribution is 2.20. The van der Waals surface area contributed by atoms with E-state index in [1.807, 2.05) is 32.6 Å². The molecule has 1 heterocycles. The van der Waals surface area contributed by atoms with Crippen LogP contribution in [0, 0.1) is 0 Å². The largest absolute Gasteiger partial charge is 0.396 e. The molecule has 0 bridgehead atoms. The smallest absolute Gasteiger partial charge is 0.219 e. The maximum absolute atomic E-state index is 11.1. The van der Waals surface area contributed by atoms with Crippen LogP contribution in [0.25, 0.3) is 0 Å². The highest BCUT2D eigenvalue weighted by molar-refractivity contribution is 5.73. The zero-order chi connectivity index (χ0) is 13.0. The Bertz CT molecular complexity index is 160. The lowest BCUT2D eigenvalue weighted by atomic mass is 10.1. The van der Waals surface area contributed by atoms with Crippen molar-refractivity contribution in [2.45, 2.75) is 66.3 Å². The van der Waals surface area contributed by atoms with Crippen molar-refractivity contribution in [2.75, 3.05) is 13.2 Å². The molecule has 3 heteroatoms. The molecule has 0 saturated carbocycles. The van der Waals surface area contributed by atoms with E-state index in [0.29, 0.717) is 6.04 Å². The van der Waals surface area contributed by atoms with E-state index in [1.54, 1.807) is 6.92 Å². The van der Waals surface area contributed by atoms with Crippen molar-refractivity contribution < 1.29 is 9.90 Å². The lowest BCUT2D eigenvalue weighted by Gasteiger charge is -2.22. The molecule has 0 aromatic heterocycles. The van der Waals surface area contributed by atoms with Crippen LogP contribution in [0.15, 0.2) is 0 Å². The van der Waals surface area contributed by atoms with Gasteiger partial charge in [0.15, 0.2) is 0 Å². The lowest BCUT2D eigenvalue weighted by Crippen LogP contribution is -2.33. The predicted molar refractivity (Wildman–Crippen MR) is 69.4 cm³/mol. The quantitative estimate of drug-likeness (QED) is 0.811. The summed E-state index contributed by atoms with van der Waals surface area (Å²) in [5.74, 6) is 0.176. The Morgan fingerprint density at radius 3 is 2.31 bits per heavy atom. The zero-order valence-electron chi connectivity index (χ0n) is 11.6. The normalized spacial score (nSPS) is 18.1. The Kier molecular flexibility index (Phi) is 13.9. The Balaban J connectivity index is 0. The number of aliphatic hydroxyl groups is 1. The average molecular weight is 231 g/mol. The standard InChI is InChI=1S/C9H17NO2.2C2H6/c1-8(12)10-6-2-4-9(10)5-3-7-11;2*1-2/h9,11H,2-7H2,1H3;2*1-2H3. The van der Waals surface area contributed by atoms with E-state index >= 15 is 0 Å². The molecule has 16 heavy (non-hydrogen) atoms. The monoisotopic (exact) mass is 231 g/mol. The summed E-state index contributed by atoms with van der Waals surface area (Å²) in [7, 11) is 0. The van der Waals surface area contributed by atoms with Gasteiger partial charge in [-0.2, -0.15) is 0 Å². The van der Waals surface area contributed by atoms with Crippen LogP contribution in [0.1, 0.15) is 60.3 Å². The summed E-state index contributed by atoms with van der Waals surface area (Å²) in [4.78, 5) is 13.0. The summed E-state index contributed by atoms with van der Waals surface area (Å²) < 4.78 is 0. The van der Waals surface area contributed by atoms with Gasteiger partial charge in [-0.15, -0.1) is 0 Å². The second-order valence-electron chi connectivity index (χ2n) is 3.37. The second kappa shape index (κ2) is 12.5. The molecule has 1 amide bonds. The number of hydrogen-bond donors (Lipinski definition) is 1. The number of aliphatic hydroxyl groups excluding tert-OH is 1. The van der Waals surface area contributed by atoms with Gasteiger partial charge in [-0.1, -0.05) is 27.7 Å². The molecule has 0 aromatic rings. The Hall–Kier alpha value is -0.570. The molecule has 0 radical (unpaired) electrons. The third-order valence-corrected chi connectivity index (χ3v) is 2.48. The average Bonchev–Trinajstić information content (AvgIpc) is 2.80. The fourth-order valence-corrected chi connectivity index (χ4v) is 1.88. The molecule has 98 valence electrons. The molecule has 0 spiro atoms. The van der Waals surface area contributed by atoms with E-state index in [0.717, 1.165) is 32.2 Å². The Morgan fingerprint density at radius 1 is 1.31 bits per heavy atom. The first kappa shape index (κ1) is 17.8. The maximum Gasteiger partial charge on any atom is 0.219 e. The topological polar surface area (TPSA) is 40.5 Å². The van der Waals surface area contributed by atoms with Gasteiger partial charge in [0, 0.05) is 26.1 Å². The number of carbonyl (C=O) groups excluding carboxylic acids is 1. The summed E-state index contributed by atoms with van der Waals surface area (Å²) in [5, 5.41) is 8.65. The van der Waals surface area contributed by atoms with Crippen molar-refractivity contribution in [2.24, 2.45) is 0 Å². The molecular weight excluding hydrogens is 202 g/mol. The Morgan fingerprint density at radius 2 is 1.88 bits per heavy atom. The van der Waals surface area contributed by atoms with E-state index in [-0.39, 0.29) is 12.5 Å². The third-order valence-electron chi connectivity index (χ3n) is 2.48. The van der Waals surface area contributed by atoms with Crippen LogP contribution in [0.5, 0.6) is 0 Å². The molecule has 1 atom stereocenters. The minimum Gasteiger partial charge on any atom is -0.396 e. The first-order valence-corrected chi connectivity index (χ1v) is 6.63. The fourth-order valence-electron chi connectivity index (χ4n) is 1.88. The summed E-state index contributed by atoms with van der Waals surface area (Å²) in [5.41, 5.74) is 0. The van der Waals surface area contributed by atoms with Crippen molar-refractivity contribution in [3.05, 3.63) is 0 Å². The van der Waals surface area contributed by atoms with Gasteiger partial charge < -0.3 is 10.0 Å². The number of rotatable bonds is 3. The number of amides is 1. The molecule has 3 nitrogen and oxygen atoms in total. The van der Waals surface area contributed by atoms with Crippen LogP contribution in [-0.2, 0) is 4.79 Å². The van der Waals surface area contributed by atoms with Crippen molar-refractivity contribution in [3.63, 3.8) is 0 Å². The van der Waals surface area contributed by atoms with E-state index < -0.39 is 0 Å².